The maximum absolute atomic E-state index is 11.8. The molecule has 1 aliphatic carbocycles. The van der Waals surface area contributed by atoms with Crippen molar-refractivity contribution in [2.45, 2.75) is 130 Å². The van der Waals surface area contributed by atoms with Crippen LogP contribution in [0.5, 0.6) is 0 Å². The molecule has 0 N–H and O–H groups in total. The summed E-state index contributed by atoms with van der Waals surface area (Å²) in [5.74, 6) is 0.625. The molecule has 31 heavy (non-hydrogen) atoms. The van der Waals surface area contributed by atoms with E-state index in [0.29, 0.717) is 11.9 Å². The molecule has 2 rings (SSSR count). The summed E-state index contributed by atoms with van der Waals surface area (Å²) in [5, 5.41) is 0. The van der Waals surface area contributed by atoms with E-state index in [1.807, 2.05) is 40.7 Å². The second kappa shape index (κ2) is 13.2. The Bertz CT molecular complexity index is 536. The fourth-order valence-electron chi connectivity index (χ4n) is 3.96. The average molecular weight is 429 g/mol. The minimum absolute atomic E-state index is 0. The van der Waals surface area contributed by atoms with Crippen molar-refractivity contribution in [3.8, 4) is 0 Å². The summed E-state index contributed by atoms with van der Waals surface area (Å²) < 4.78 is 17.4. The zero-order valence-corrected chi connectivity index (χ0v) is 22.1. The number of amides is 1. The fourth-order valence-corrected chi connectivity index (χ4v) is 3.96. The number of carbonyl (C=O) groups excluding carboxylic acids is 1. The minimum Gasteiger partial charge on any atom is -0.508 e. The van der Waals surface area contributed by atoms with Crippen LogP contribution in [0.25, 0.3) is 0 Å². The average Bonchev–Trinajstić information content (AvgIpc) is 2.83. The van der Waals surface area contributed by atoms with Crippen molar-refractivity contribution in [2.75, 3.05) is 0 Å². The summed E-state index contributed by atoms with van der Waals surface area (Å²) in [7, 11) is 0.0373. The zero-order valence-electron chi connectivity index (χ0n) is 22.1. The third kappa shape index (κ3) is 9.08. The number of ether oxygens (including phenoxy) is 1. The second-order valence-corrected chi connectivity index (χ2v) is 10.1. The summed E-state index contributed by atoms with van der Waals surface area (Å²) >= 11 is 0. The van der Waals surface area contributed by atoms with Crippen molar-refractivity contribution in [1.82, 2.24) is 4.90 Å². The summed E-state index contributed by atoms with van der Waals surface area (Å²) in [6.45, 7) is 20.1. The molecule has 0 aromatic carbocycles. The van der Waals surface area contributed by atoms with Gasteiger partial charge in [-0.1, -0.05) is 39.0 Å². The quantitative estimate of drug-likeness (QED) is 0.493. The van der Waals surface area contributed by atoms with Crippen LogP contribution in [0.3, 0.4) is 0 Å². The molecule has 0 atom stereocenters. The van der Waals surface area contributed by atoms with Crippen LogP contribution < -0.4 is 18.9 Å². The molecular weight excluding hydrogens is 384 g/mol. The second-order valence-electron chi connectivity index (χ2n) is 10.1. The number of nitrogens with zero attached hydrogens (tertiary/aromatic N) is 1. The largest absolute Gasteiger partial charge is 1.00 e. The van der Waals surface area contributed by atoms with Gasteiger partial charge < -0.3 is 18.9 Å². The molecular formula is C24H45BLiNO4. The van der Waals surface area contributed by atoms with E-state index in [1.165, 1.54) is 32.1 Å². The molecule has 0 aromatic rings. The van der Waals surface area contributed by atoms with Gasteiger partial charge in [-0.25, -0.2) is 10.9 Å². The topological polar surface area (TPSA) is 48.0 Å². The number of hydrogen-bond acceptors (Lipinski definition) is 4. The number of carbonyl (C=O) groups is 1. The predicted octanol–water partition coefficient (Wildman–Crippen LogP) is 3.79. The van der Waals surface area contributed by atoms with Crippen LogP contribution in [0, 0.1) is 6.10 Å². The molecule has 0 aromatic heterocycles. The molecule has 2 fully saturated rings. The molecule has 1 saturated carbocycles. The van der Waals surface area contributed by atoms with E-state index in [-0.39, 0.29) is 55.4 Å². The Morgan fingerprint density at radius 3 is 1.87 bits per heavy atom. The smallest absolute Gasteiger partial charge is 0.508 e. The van der Waals surface area contributed by atoms with Crippen molar-refractivity contribution in [3.05, 3.63) is 18.3 Å². The van der Waals surface area contributed by atoms with E-state index < -0.39 is 0 Å². The van der Waals surface area contributed by atoms with Crippen molar-refractivity contribution in [1.29, 1.82) is 0 Å². The Morgan fingerprint density at radius 1 is 1.03 bits per heavy atom. The molecule has 5 nitrogen and oxygen atoms in total. The number of hydrogen-bond donors (Lipinski definition) is 0. The van der Waals surface area contributed by atoms with E-state index in [4.69, 9.17) is 14.0 Å². The summed E-state index contributed by atoms with van der Waals surface area (Å²) in [6.07, 6.45) is 10.6. The Hall–Kier alpha value is -0.538. The van der Waals surface area contributed by atoms with Gasteiger partial charge in [-0.3, -0.25) is 0 Å². The van der Waals surface area contributed by atoms with Gasteiger partial charge in [0, 0.05) is 12.1 Å². The Kier molecular flexibility index (Phi) is 13.0. The molecule has 1 aliphatic heterocycles. The monoisotopic (exact) mass is 429 g/mol. The molecule has 1 amide bonds. The first-order valence-corrected chi connectivity index (χ1v) is 11.6. The van der Waals surface area contributed by atoms with E-state index in [2.05, 4.69) is 27.7 Å². The van der Waals surface area contributed by atoms with Crippen LogP contribution in [0.2, 0.25) is 5.82 Å². The standard InChI is InChI=1S/C12H23BO2.C12H22NO2.Li/c1-11(2)12(3,4)15-13(14-11)10-8-6-5-7-9-10;1-7-8-11(6)15-12(14)13(9(2)3)10(4)5;/h10H,5-9H2,1-4H3;7-10H,1-6H3;/q;-1;+1/b;8-7+;. The maximum Gasteiger partial charge on any atom is 1.00 e. The van der Waals surface area contributed by atoms with Gasteiger partial charge >= 0.3 is 32.1 Å². The van der Waals surface area contributed by atoms with Gasteiger partial charge in [0.2, 0.25) is 0 Å². The number of allylic oxidation sites excluding steroid dienone is 1. The third-order valence-corrected chi connectivity index (χ3v) is 6.28. The van der Waals surface area contributed by atoms with Gasteiger partial charge in [0.1, 0.15) is 0 Å². The SMILES string of the molecule is C/C=C/[C-](C)OC(=O)N(C(C)C)C(C)C.CC1(C)OB(C2CCCCC2)OC1(C)C.[Li+]. The zero-order chi connectivity index (χ0) is 23.1. The Labute approximate surface area is 204 Å². The third-order valence-electron chi connectivity index (χ3n) is 6.28. The first-order valence-electron chi connectivity index (χ1n) is 11.6. The summed E-state index contributed by atoms with van der Waals surface area (Å²) in [5.41, 5.74) is -0.315. The molecule has 0 spiro atoms. The maximum atomic E-state index is 11.8. The van der Waals surface area contributed by atoms with Crippen LogP contribution in [-0.4, -0.2) is 41.4 Å². The first-order chi connectivity index (χ1) is 13.8. The fraction of sp³-hybridized carbons (Fsp3) is 0.833. The van der Waals surface area contributed by atoms with E-state index in [0.717, 1.165) is 0 Å². The molecule has 2 aliphatic rings. The van der Waals surface area contributed by atoms with Crippen molar-refractivity contribution < 1.29 is 37.7 Å². The van der Waals surface area contributed by atoms with Gasteiger partial charge in [-0.15, -0.1) is 6.92 Å². The van der Waals surface area contributed by atoms with Crippen molar-refractivity contribution in [2.24, 2.45) is 0 Å². The van der Waals surface area contributed by atoms with Gasteiger partial charge in [0.25, 0.3) is 0 Å². The molecule has 7 heteroatoms. The Balaban J connectivity index is 0.000000562. The van der Waals surface area contributed by atoms with Crippen molar-refractivity contribution in [3.63, 3.8) is 0 Å². The van der Waals surface area contributed by atoms with Gasteiger partial charge in [-0.2, -0.15) is 6.08 Å². The van der Waals surface area contributed by atoms with Gasteiger partial charge in [-0.05, 0) is 67.3 Å². The number of rotatable bonds is 5. The molecule has 1 heterocycles. The van der Waals surface area contributed by atoms with Crippen LogP contribution in [0.1, 0.15) is 101 Å². The van der Waals surface area contributed by atoms with Gasteiger partial charge in [0.15, 0.2) is 0 Å². The van der Waals surface area contributed by atoms with E-state index in [1.54, 1.807) is 17.9 Å². The van der Waals surface area contributed by atoms with Crippen LogP contribution in [0.15, 0.2) is 12.2 Å². The van der Waals surface area contributed by atoms with E-state index in [9.17, 15) is 4.79 Å². The minimum atomic E-state index is -0.282. The summed E-state index contributed by atoms with van der Waals surface area (Å²) in [4.78, 5) is 13.5. The molecule has 0 bridgehead atoms. The normalized spacial score (nSPS) is 20.3. The van der Waals surface area contributed by atoms with Crippen LogP contribution in [0.4, 0.5) is 4.79 Å². The molecule has 0 unspecified atom stereocenters. The van der Waals surface area contributed by atoms with Crippen LogP contribution in [-0.2, 0) is 14.0 Å². The summed E-state index contributed by atoms with van der Waals surface area (Å²) in [6, 6.07) is 0.298. The van der Waals surface area contributed by atoms with Crippen molar-refractivity contribution >= 4 is 13.2 Å². The molecule has 174 valence electrons. The van der Waals surface area contributed by atoms with E-state index >= 15 is 0 Å². The van der Waals surface area contributed by atoms with Crippen LogP contribution >= 0.6 is 0 Å². The Morgan fingerprint density at radius 2 is 1.48 bits per heavy atom. The molecule has 0 radical (unpaired) electrons. The predicted molar refractivity (Wildman–Crippen MR) is 125 cm³/mol. The first kappa shape index (κ1) is 30.5. The van der Waals surface area contributed by atoms with Gasteiger partial charge in [0.05, 0.1) is 11.2 Å². The molecule has 1 saturated heterocycles.